The Balaban J connectivity index is 2.08. The largest absolute Gasteiger partial charge is 0.330 e. The summed E-state index contributed by atoms with van der Waals surface area (Å²) < 4.78 is 0. The number of aromatic nitrogens is 1. The molecule has 2 rings (SSSR count). The zero-order chi connectivity index (χ0) is 11.4. The molecule has 0 fully saturated rings. The van der Waals surface area contributed by atoms with E-state index in [1.807, 2.05) is 24.4 Å². The van der Waals surface area contributed by atoms with Crippen LogP contribution >= 0.6 is 22.9 Å². The van der Waals surface area contributed by atoms with E-state index in [1.54, 1.807) is 11.3 Å². The number of benzene rings is 1. The molecular formula is C12H13ClN2S. The van der Waals surface area contributed by atoms with Gasteiger partial charge in [0, 0.05) is 28.9 Å². The van der Waals surface area contributed by atoms with Gasteiger partial charge in [-0.05, 0) is 24.2 Å². The zero-order valence-electron chi connectivity index (χ0n) is 8.82. The maximum atomic E-state index is 5.94. The lowest BCUT2D eigenvalue weighted by molar-refractivity contribution is 0.952. The molecule has 0 spiro atoms. The van der Waals surface area contributed by atoms with Gasteiger partial charge in [-0.25, -0.2) is 4.98 Å². The van der Waals surface area contributed by atoms with Crippen LogP contribution in [0.15, 0.2) is 30.5 Å². The summed E-state index contributed by atoms with van der Waals surface area (Å²) in [6.45, 7) is 0.657. The van der Waals surface area contributed by atoms with Gasteiger partial charge >= 0.3 is 0 Å². The SMILES string of the molecule is NCCc1ncc(Cc2cccc(Cl)c2)s1. The second-order valence-corrected chi connectivity index (χ2v) is 5.20. The molecule has 0 radical (unpaired) electrons. The van der Waals surface area contributed by atoms with E-state index in [2.05, 4.69) is 11.1 Å². The third-order valence-electron chi connectivity index (χ3n) is 2.23. The standard InChI is InChI=1S/C12H13ClN2S/c13-10-3-1-2-9(6-10)7-11-8-15-12(16-11)4-5-14/h1-3,6,8H,4-5,7,14H2. The maximum Gasteiger partial charge on any atom is 0.0940 e. The smallest absolute Gasteiger partial charge is 0.0940 e. The van der Waals surface area contributed by atoms with Crippen LogP contribution in [0.3, 0.4) is 0 Å². The molecule has 0 aliphatic carbocycles. The summed E-state index contributed by atoms with van der Waals surface area (Å²) in [5.41, 5.74) is 6.71. The minimum Gasteiger partial charge on any atom is -0.330 e. The molecule has 1 aromatic carbocycles. The van der Waals surface area contributed by atoms with Gasteiger partial charge in [0.25, 0.3) is 0 Å². The van der Waals surface area contributed by atoms with Crippen molar-refractivity contribution in [3.8, 4) is 0 Å². The summed E-state index contributed by atoms with van der Waals surface area (Å²) in [6, 6.07) is 7.93. The first-order chi connectivity index (χ1) is 7.78. The predicted molar refractivity (Wildman–Crippen MR) is 69.1 cm³/mol. The van der Waals surface area contributed by atoms with Crippen molar-refractivity contribution in [1.82, 2.24) is 4.98 Å². The number of halogens is 1. The Morgan fingerprint density at radius 3 is 3.00 bits per heavy atom. The molecule has 2 nitrogen and oxygen atoms in total. The van der Waals surface area contributed by atoms with Gasteiger partial charge in [0.15, 0.2) is 0 Å². The zero-order valence-corrected chi connectivity index (χ0v) is 10.4. The molecule has 2 aromatic rings. The van der Waals surface area contributed by atoms with Crippen LogP contribution in [0.5, 0.6) is 0 Å². The topological polar surface area (TPSA) is 38.9 Å². The molecule has 0 bridgehead atoms. The third-order valence-corrected chi connectivity index (χ3v) is 3.52. The lowest BCUT2D eigenvalue weighted by Crippen LogP contribution is -2.01. The predicted octanol–water partition coefficient (Wildman–Crippen LogP) is 2.89. The van der Waals surface area contributed by atoms with Gasteiger partial charge in [-0.15, -0.1) is 11.3 Å². The molecule has 0 amide bonds. The Morgan fingerprint density at radius 2 is 2.25 bits per heavy atom. The second kappa shape index (κ2) is 5.43. The average Bonchev–Trinajstić information content (AvgIpc) is 2.66. The Bertz CT molecular complexity index is 468. The molecule has 1 heterocycles. The molecule has 0 aliphatic heterocycles. The highest BCUT2D eigenvalue weighted by atomic mass is 35.5. The van der Waals surface area contributed by atoms with Crippen molar-refractivity contribution in [1.29, 1.82) is 0 Å². The first-order valence-electron chi connectivity index (χ1n) is 5.16. The first kappa shape index (κ1) is 11.6. The fourth-order valence-corrected chi connectivity index (χ4v) is 2.70. The number of nitrogens with two attached hydrogens (primary N) is 1. The lowest BCUT2D eigenvalue weighted by Gasteiger charge is -1.98. The number of thiazole rings is 1. The van der Waals surface area contributed by atoms with E-state index in [0.717, 1.165) is 22.9 Å². The third kappa shape index (κ3) is 3.04. The minimum atomic E-state index is 0.657. The fraction of sp³-hybridized carbons (Fsp3) is 0.250. The molecule has 0 atom stereocenters. The van der Waals surface area contributed by atoms with Crippen LogP contribution in [0.2, 0.25) is 5.02 Å². The van der Waals surface area contributed by atoms with Crippen molar-refractivity contribution in [3.05, 3.63) is 50.9 Å². The van der Waals surface area contributed by atoms with Gasteiger partial charge in [0.2, 0.25) is 0 Å². The molecule has 0 saturated heterocycles. The highest BCUT2D eigenvalue weighted by Gasteiger charge is 2.02. The Morgan fingerprint density at radius 1 is 1.38 bits per heavy atom. The maximum absolute atomic E-state index is 5.94. The number of hydrogen-bond donors (Lipinski definition) is 1. The molecular weight excluding hydrogens is 240 g/mol. The summed E-state index contributed by atoms with van der Waals surface area (Å²) >= 11 is 7.66. The Kier molecular flexibility index (Phi) is 3.93. The van der Waals surface area contributed by atoms with Crippen LogP contribution in [0.1, 0.15) is 15.4 Å². The summed E-state index contributed by atoms with van der Waals surface area (Å²) in [5.74, 6) is 0. The van der Waals surface area contributed by atoms with Gasteiger partial charge in [-0.1, -0.05) is 23.7 Å². The van der Waals surface area contributed by atoms with E-state index in [1.165, 1.54) is 10.4 Å². The highest BCUT2D eigenvalue weighted by Crippen LogP contribution is 2.19. The number of rotatable bonds is 4. The van der Waals surface area contributed by atoms with Crippen LogP contribution in [0, 0.1) is 0 Å². The van der Waals surface area contributed by atoms with E-state index in [9.17, 15) is 0 Å². The van der Waals surface area contributed by atoms with Crippen molar-refractivity contribution < 1.29 is 0 Å². The molecule has 1 aromatic heterocycles. The van der Waals surface area contributed by atoms with E-state index >= 15 is 0 Å². The Labute approximate surface area is 104 Å². The minimum absolute atomic E-state index is 0.657. The van der Waals surface area contributed by atoms with Gasteiger partial charge in [-0.3, -0.25) is 0 Å². The fourth-order valence-electron chi connectivity index (χ4n) is 1.52. The quantitative estimate of drug-likeness (QED) is 0.909. The summed E-state index contributed by atoms with van der Waals surface area (Å²) in [5, 5.41) is 1.89. The number of hydrogen-bond acceptors (Lipinski definition) is 3. The second-order valence-electron chi connectivity index (χ2n) is 3.57. The lowest BCUT2D eigenvalue weighted by atomic mass is 10.1. The summed E-state index contributed by atoms with van der Waals surface area (Å²) in [4.78, 5) is 5.59. The Hall–Kier alpha value is -0.900. The van der Waals surface area contributed by atoms with Crippen molar-refractivity contribution in [3.63, 3.8) is 0 Å². The molecule has 84 valence electrons. The molecule has 0 aliphatic rings. The van der Waals surface area contributed by atoms with Gasteiger partial charge in [-0.2, -0.15) is 0 Å². The van der Waals surface area contributed by atoms with Crippen molar-refractivity contribution >= 4 is 22.9 Å². The molecule has 0 saturated carbocycles. The summed E-state index contributed by atoms with van der Waals surface area (Å²) in [7, 11) is 0. The monoisotopic (exact) mass is 252 g/mol. The van der Waals surface area contributed by atoms with Crippen LogP contribution in [-0.4, -0.2) is 11.5 Å². The van der Waals surface area contributed by atoms with Gasteiger partial charge in [0.1, 0.15) is 0 Å². The van der Waals surface area contributed by atoms with E-state index in [0.29, 0.717) is 6.54 Å². The number of nitrogens with zero attached hydrogens (tertiary/aromatic N) is 1. The molecule has 4 heteroatoms. The molecule has 16 heavy (non-hydrogen) atoms. The van der Waals surface area contributed by atoms with Crippen molar-refractivity contribution in [2.24, 2.45) is 5.73 Å². The molecule has 2 N–H and O–H groups in total. The molecule has 0 unspecified atom stereocenters. The van der Waals surface area contributed by atoms with Crippen molar-refractivity contribution in [2.45, 2.75) is 12.8 Å². The highest BCUT2D eigenvalue weighted by molar-refractivity contribution is 7.11. The van der Waals surface area contributed by atoms with E-state index in [-0.39, 0.29) is 0 Å². The van der Waals surface area contributed by atoms with Crippen LogP contribution in [0.25, 0.3) is 0 Å². The van der Waals surface area contributed by atoms with Crippen LogP contribution < -0.4 is 5.73 Å². The van der Waals surface area contributed by atoms with Crippen LogP contribution in [-0.2, 0) is 12.8 Å². The normalized spacial score (nSPS) is 10.6. The van der Waals surface area contributed by atoms with E-state index < -0.39 is 0 Å². The van der Waals surface area contributed by atoms with E-state index in [4.69, 9.17) is 17.3 Å². The van der Waals surface area contributed by atoms with Gasteiger partial charge in [0.05, 0.1) is 5.01 Å². The van der Waals surface area contributed by atoms with Crippen LogP contribution in [0.4, 0.5) is 0 Å². The van der Waals surface area contributed by atoms with Crippen molar-refractivity contribution in [2.75, 3.05) is 6.54 Å². The first-order valence-corrected chi connectivity index (χ1v) is 6.35. The van der Waals surface area contributed by atoms with Gasteiger partial charge < -0.3 is 5.73 Å². The average molecular weight is 253 g/mol. The summed E-state index contributed by atoms with van der Waals surface area (Å²) in [6.07, 6.45) is 3.68.